The molecule has 6 nitrogen and oxygen atoms in total. The van der Waals surface area contributed by atoms with Gasteiger partial charge in [-0.2, -0.15) is 13.2 Å². The van der Waals surface area contributed by atoms with Gasteiger partial charge in [-0.05, 0) is 30.9 Å². The van der Waals surface area contributed by atoms with Gasteiger partial charge in [-0.3, -0.25) is 10.1 Å². The molecule has 0 aromatic heterocycles. The lowest BCUT2D eigenvalue weighted by molar-refractivity contribution is -0.388. The van der Waals surface area contributed by atoms with E-state index in [-0.39, 0.29) is 18.2 Å². The minimum Gasteiger partial charge on any atom is -0.391 e. The van der Waals surface area contributed by atoms with Gasteiger partial charge in [0.1, 0.15) is 5.56 Å². The van der Waals surface area contributed by atoms with Crippen LogP contribution < -0.4 is 5.32 Å². The van der Waals surface area contributed by atoms with Crippen LogP contribution in [0.5, 0.6) is 0 Å². The quantitative estimate of drug-likeness (QED) is 0.639. The van der Waals surface area contributed by atoms with Gasteiger partial charge < -0.3 is 15.2 Å². The normalized spacial score (nSPS) is 17.7. The Balaban J connectivity index is 2.06. The number of hydrogen-bond donors (Lipinski definition) is 2. The number of nitro benzene ring substituents is 1. The SMILES string of the molecule is O=[N+]([O-])c1ccc(NC[C@@H](O)C2CCOCC2)cc1C(F)(F)F. The molecule has 2 rings (SSSR count). The van der Waals surface area contributed by atoms with Crippen LogP contribution in [-0.2, 0) is 10.9 Å². The van der Waals surface area contributed by atoms with Gasteiger partial charge in [0.15, 0.2) is 0 Å². The number of rotatable bonds is 5. The van der Waals surface area contributed by atoms with E-state index in [0.29, 0.717) is 32.1 Å². The molecule has 0 unspecified atom stereocenters. The molecule has 0 saturated carbocycles. The van der Waals surface area contributed by atoms with Crippen molar-refractivity contribution in [3.05, 3.63) is 33.9 Å². The van der Waals surface area contributed by atoms with E-state index in [0.717, 1.165) is 6.07 Å². The number of aliphatic hydroxyl groups excluding tert-OH is 1. The fourth-order valence-corrected chi connectivity index (χ4v) is 2.52. The van der Waals surface area contributed by atoms with Crippen molar-refractivity contribution in [3.8, 4) is 0 Å². The topological polar surface area (TPSA) is 84.6 Å². The summed E-state index contributed by atoms with van der Waals surface area (Å²) in [5, 5.41) is 23.5. The molecule has 0 aliphatic carbocycles. The number of nitrogens with zero attached hydrogens (tertiary/aromatic N) is 1. The van der Waals surface area contributed by atoms with Gasteiger partial charge in [0.05, 0.1) is 11.0 Å². The zero-order valence-corrected chi connectivity index (χ0v) is 12.2. The van der Waals surface area contributed by atoms with Crippen LogP contribution >= 0.6 is 0 Å². The maximum absolute atomic E-state index is 12.9. The van der Waals surface area contributed by atoms with E-state index in [1.165, 1.54) is 6.07 Å². The summed E-state index contributed by atoms with van der Waals surface area (Å²) in [5.74, 6) is 0.0244. The highest BCUT2D eigenvalue weighted by Gasteiger charge is 2.38. The molecule has 0 bridgehead atoms. The molecule has 2 N–H and O–H groups in total. The largest absolute Gasteiger partial charge is 0.423 e. The second-order valence-corrected chi connectivity index (χ2v) is 5.38. The van der Waals surface area contributed by atoms with Gasteiger partial charge in [-0.25, -0.2) is 0 Å². The van der Waals surface area contributed by atoms with E-state index in [1.807, 2.05) is 0 Å². The number of anilines is 1. The molecule has 1 aromatic rings. The van der Waals surface area contributed by atoms with Gasteiger partial charge in [-0.15, -0.1) is 0 Å². The molecule has 1 fully saturated rings. The molecule has 1 aromatic carbocycles. The molecular formula is C14H17F3N2O4. The van der Waals surface area contributed by atoms with Gasteiger partial charge >= 0.3 is 6.18 Å². The zero-order chi connectivity index (χ0) is 17.0. The molecular weight excluding hydrogens is 317 g/mol. The summed E-state index contributed by atoms with van der Waals surface area (Å²) >= 11 is 0. The first-order chi connectivity index (χ1) is 10.8. The van der Waals surface area contributed by atoms with E-state index >= 15 is 0 Å². The summed E-state index contributed by atoms with van der Waals surface area (Å²) in [6.07, 6.45) is -4.16. The van der Waals surface area contributed by atoms with Crippen molar-refractivity contribution >= 4 is 11.4 Å². The fourth-order valence-electron chi connectivity index (χ4n) is 2.52. The Morgan fingerprint density at radius 3 is 2.61 bits per heavy atom. The van der Waals surface area contributed by atoms with Crippen LogP contribution in [0, 0.1) is 16.0 Å². The lowest BCUT2D eigenvalue weighted by Crippen LogP contribution is -2.32. The smallest absolute Gasteiger partial charge is 0.391 e. The number of hydrogen-bond acceptors (Lipinski definition) is 5. The number of alkyl halides is 3. The van der Waals surface area contributed by atoms with Crippen molar-refractivity contribution in [2.75, 3.05) is 25.1 Å². The van der Waals surface area contributed by atoms with Gasteiger partial charge in [0.25, 0.3) is 5.69 Å². The van der Waals surface area contributed by atoms with Crippen LogP contribution in [0.15, 0.2) is 18.2 Å². The summed E-state index contributed by atoms with van der Waals surface area (Å²) in [7, 11) is 0. The summed E-state index contributed by atoms with van der Waals surface area (Å²) in [6, 6.07) is 2.70. The Hall–Kier alpha value is -1.87. The third-order valence-electron chi connectivity index (χ3n) is 3.82. The molecule has 0 spiro atoms. The van der Waals surface area contributed by atoms with Gasteiger partial charge in [0.2, 0.25) is 0 Å². The third kappa shape index (κ3) is 4.55. The van der Waals surface area contributed by atoms with Crippen molar-refractivity contribution in [1.82, 2.24) is 0 Å². The maximum Gasteiger partial charge on any atom is 0.423 e. The number of nitrogens with one attached hydrogen (secondary N) is 1. The monoisotopic (exact) mass is 334 g/mol. The predicted octanol–water partition coefficient (Wildman–Crippen LogP) is 2.81. The molecule has 1 heterocycles. The number of halogens is 3. The minimum absolute atomic E-state index is 0.0244. The molecule has 128 valence electrons. The van der Waals surface area contributed by atoms with Crippen molar-refractivity contribution in [3.63, 3.8) is 0 Å². The van der Waals surface area contributed by atoms with Crippen LogP contribution in [0.2, 0.25) is 0 Å². The number of aliphatic hydroxyl groups is 1. The molecule has 1 saturated heterocycles. The summed E-state index contributed by atoms with van der Waals surface area (Å²) in [6.45, 7) is 1.18. The van der Waals surface area contributed by atoms with Crippen LogP contribution in [0.3, 0.4) is 0 Å². The van der Waals surface area contributed by atoms with Crippen LogP contribution in [-0.4, -0.2) is 35.9 Å². The first kappa shape index (κ1) is 17.5. The molecule has 23 heavy (non-hydrogen) atoms. The number of benzene rings is 1. The Bertz CT molecular complexity index is 559. The van der Waals surface area contributed by atoms with Crippen molar-refractivity contribution in [1.29, 1.82) is 0 Å². The van der Waals surface area contributed by atoms with E-state index in [4.69, 9.17) is 4.74 Å². The van der Waals surface area contributed by atoms with Crippen LogP contribution in [0.1, 0.15) is 18.4 Å². The summed E-state index contributed by atoms with van der Waals surface area (Å²) in [4.78, 5) is 9.62. The van der Waals surface area contributed by atoms with Crippen molar-refractivity contribution in [2.45, 2.75) is 25.1 Å². The third-order valence-corrected chi connectivity index (χ3v) is 3.82. The van der Waals surface area contributed by atoms with Crippen molar-refractivity contribution < 1.29 is 27.9 Å². The summed E-state index contributed by atoms with van der Waals surface area (Å²) < 4.78 is 43.8. The van der Waals surface area contributed by atoms with Gasteiger partial charge in [-0.1, -0.05) is 0 Å². The molecule has 1 atom stereocenters. The standard InChI is InChI=1S/C14H17F3N2O4/c15-14(16,17)11-7-10(1-2-12(11)19(21)22)18-8-13(20)9-3-5-23-6-4-9/h1-2,7,9,13,18,20H,3-6,8H2/t13-/m1/s1. The van der Waals surface area contributed by atoms with E-state index < -0.39 is 28.5 Å². The van der Waals surface area contributed by atoms with E-state index in [2.05, 4.69) is 5.32 Å². The Labute approximate surface area is 130 Å². The predicted molar refractivity (Wildman–Crippen MR) is 76.1 cm³/mol. The highest BCUT2D eigenvalue weighted by molar-refractivity contribution is 5.55. The Kier molecular flexibility index (Phi) is 5.42. The average Bonchev–Trinajstić information content (AvgIpc) is 2.52. The second-order valence-electron chi connectivity index (χ2n) is 5.38. The Morgan fingerprint density at radius 1 is 1.39 bits per heavy atom. The highest BCUT2D eigenvalue weighted by Crippen LogP contribution is 2.37. The first-order valence-electron chi connectivity index (χ1n) is 7.14. The molecule has 1 aliphatic heterocycles. The van der Waals surface area contributed by atoms with Crippen LogP contribution in [0.4, 0.5) is 24.5 Å². The van der Waals surface area contributed by atoms with E-state index in [9.17, 15) is 28.4 Å². The minimum atomic E-state index is -4.82. The van der Waals surface area contributed by atoms with E-state index in [1.54, 1.807) is 0 Å². The van der Waals surface area contributed by atoms with Crippen molar-refractivity contribution in [2.24, 2.45) is 5.92 Å². The van der Waals surface area contributed by atoms with Crippen LogP contribution in [0.25, 0.3) is 0 Å². The molecule has 1 aliphatic rings. The maximum atomic E-state index is 12.9. The fraction of sp³-hybridized carbons (Fsp3) is 0.571. The highest BCUT2D eigenvalue weighted by atomic mass is 19.4. The number of nitro groups is 1. The summed E-state index contributed by atoms with van der Waals surface area (Å²) in [5.41, 5.74) is -2.23. The van der Waals surface area contributed by atoms with Gasteiger partial charge in [0, 0.05) is 31.5 Å². The molecule has 9 heteroatoms. The average molecular weight is 334 g/mol. The Morgan fingerprint density at radius 2 is 2.04 bits per heavy atom. The molecule has 0 amide bonds. The first-order valence-corrected chi connectivity index (χ1v) is 7.14. The second kappa shape index (κ2) is 7.14. The number of ether oxygens (including phenoxy) is 1. The zero-order valence-electron chi connectivity index (χ0n) is 12.2. The lowest BCUT2D eigenvalue weighted by Gasteiger charge is -2.27. The molecule has 0 radical (unpaired) electrons. The lowest BCUT2D eigenvalue weighted by atomic mass is 9.94.